The fraction of sp³-hybridized carbons (Fsp3) is 0.687. The van der Waals surface area contributed by atoms with Crippen LogP contribution in [0.5, 0.6) is 0 Å². The van der Waals surface area contributed by atoms with Crippen molar-refractivity contribution < 1.29 is 93.8 Å². The van der Waals surface area contributed by atoms with Crippen molar-refractivity contribution in [3.8, 4) is 0 Å². The van der Waals surface area contributed by atoms with E-state index in [0.29, 0.717) is 103 Å². The monoisotopic (exact) mass is 1590 g/mol. The Kier molecular flexibility index (Phi) is 58.2. The van der Waals surface area contributed by atoms with E-state index < -0.39 is 74.5 Å². The van der Waals surface area contributed by atoms with Crippen LogP contribution in [-0.4, -0.2) is 216 Å². The number of ether oxygens (including phenoxy) is 2. The van der Waals surface area contributed by atoms with Gasteiger partial charge in [-0.25, -0.2) is 4.79 Å². The molecule has 0 aliphatic carbocycles. The summed E-state index contributed by atoms with van der Waals surface area (Å²) in [5.74, 6) is -3.08. The largest absolute Gasteiger partial charge is 2.00 e. The number of unbranched alkanes of at least 4 members (excludes halogenated alkanes) is 1. The van der Waals surface area contributed by atoms with Gasteiger partial charge in [0.15, 0.2) is 17.3 Å². The molecule has 4 amide bonds. The van der Waals surface area contributed by atoms with Crippen molar-refractivity contribution in [2.75, 3.05) is 46.4 Å². The number of halogens is 2. The average Bonchev–Trinajstić information content (AvgIpc) is 1.59. The summed E-state index contributed by atoms with van der Waals surface area (Å²) in [6.07, 6.45) is 24.5. The molecule has 0 aromatic carbocycles. The Labute approximate surface area is 685 Å². The van der Waals surface area contributed by atoms with Gasteiger partial charge >= 0.3 is 35.0 Å². The number of carbonyl (C=O) groups is 15. The number of pyridine rings is 2. The summed E-state index contributed by atoms with van der Waals surface area (Å²) in [4.78, 5) is 188. The number of nitrogens with zero attached hydrogens (tertiary/aromatic N) is 6. The Hall–Kier alpha value is -6.54. The Bertz CT molecular complexity index is 3180. The number of carbonyl (C=O) groups excluding carboxylic acids is 15. The standard InChI is InChI=1S/C20H28N2O4.C14H23NO3.C13H21NO3.C11H17NO3.C9H13N.C6H11NO2.C5H11.C4H5ClO2.CH4.ClH.Mg/c1-4-20(2,3)17(23)18(24)22-12-6-10-16(22)19(25)26-13-7-9-15-8-5-11-21-14-15;1-5-11(16)10-8-7-9-15(10)13(18)12(17)14(3,4)6-2;1-5-13(3,4)11(16)12(17)14-8-6-7-10(14)9(2)15;1-3-9(13)8-6-5-7-12(8)11(15)10(14)4-2;1-2-3-5-9-6-4-7-10-8-9;1-9-6(8)5-3-2-4-7-5;1-4-5(2)3;1-2-3(6)4(5)7;;;/h5,8,11,14,16H,4,6-7,9-10,12-13H2,1-3H3;10H,5-9H2,1-4H3;10H,5-8H2,1-4H3;8H,3-7H2,1-2H3;4,6-8H,2-3,5H2,1H3;5,7H,2-4H2,1H3;4H2,1-3H3;2H2,1H3;1H4;1H;/q;;;;;;-1;;;;+2/p-1/t16-;2*10-;8-;;;;;;;/m0000......./s1. The van der Waals surface area contributed by atoms with E-state index in [2.05, 4.69) is 53.8 Å². The van der Waals surface area contributed by atoms with Crippen LogP contribution in [0.25, 0.3) is 0 Å². The van der Waals surface area contributed by atoms with E-state index in [4.69, 9.17) is 16.3 Å². The molecule has 24 nitrogen and oxygen atoms in total. The quantitative estimate of drug-likeness (QED) is 0.0207. The number of esters is 2. The van der Waals surface area contributed by atoms with Gasteiger partial charge in [0.2, 0.25) is 28.9 Å². The van der Waals surface area contributed by atoms with E-state index in [0.717, 1.165) is 50.6 Å². The van der Waals surface area contributed by atoms with Gasteiger partial charge in [0.1, 0.15) is 12.1 Å². The molecule has 2 aromatic rings. The fourth-order valence-electron chi connectivity index (χ4n) is 11.1. The Morgan fingerprint density at radius 1 is 0.518 bits per heavy atom. The SMILES string of the molecule is C.CCC(=O)C(=O)Cl.CCC(=O)C(=O)N1CCC[C@H]1C(=O)CC.CCC(=O)[C@@H]1CCCN1C(=O)C(=O)C(C)(C)CC.CCC(C)(C)C(=O)C(=O)N1CCC[C@H]1C(=O)OCCCc1cccnc1.CCC(C)(C)C(=O)C(=O)N1CCC[C@H]1C(C)=O.CCCCc1cccnc1.CC[C-](C)C.COC(=O)C1CCCN1.[Cl-].[Mg+2]. The second-order valence-corrected chi connectivity index (χ2v) is 29.6. The molecular formula is C83H133Cl2MgN7O17. The van der Waals surface area contributed by atoms with Crippen LogP contribution < -0.4 is 17.7 Å². The van der Waals surface area contributed by atoms with Crippen LogP contribution in [0.3, 0.4) is 0 Å². The first-order valence-corrected chi connectivity index (χ1v) is 39.0. The van der Waals surface area contributed by atoms with E-state index in [1.54, 1.807) is 81.6 Å². The zero-order chi connectivity index (χ0) is 81.8. The normalized spacial score (nSPS) is 17.3. The molecule has 27 heteroatoms. The number of amides is 4. The molecule has 5 aliphatic heterocycles. The zero-order valence-corrected chi connectivity index (χ0v) is 72.0. The number of aryl methyl sites for hydroxylation is 2. The maximum Gasteiger partial charge on any atom is 2.00 e. The summed E-state index contributed by atoms with van der Waals surface area (Å²) in [6.45, 7) is 36.5. The fourth-order valence-corrected chi connectivity index (χ4v) is 11.2. The molecule has 2 aromatic heterocycles. The smallest absolute Gasteiger partial charge is 1.00 e. The van der Waals surface area contributed by atoms with Crippen molar-refractivity contribution in [2.45, 2.75) is 310 Å². The van der Waals surface area contributed by atoms with Crippen molar-refractivity contribution >= 4 is 122 Å². The van der Waals surface area contributed by atoms with Gasteiger partial charge in [-0.15, -0.1) is 0 Å². The van der Waals surface area contributed by atoms with Gasteiger partial charge in [0.25, 0.3) is 28.9 Å². The van der Waals surface area contributed by atoms with Crippen molar-refractivity contribution in [1.29, 1.82) is 0 Å². The van der Waals surface area contributed by atoms with Crippen LogP contribution in [0.4, 0.5) is 0 Å². The third kappa shape index (κ3) is 38.8. The van der Waals surface area contributed by atoms with Crippen molar-refractivity contribution in [3.63, 3.8) is 0 Å². The number of likely N-dealkylation sites (tertiary alicyclic amines) is 4. The Morgan fingerprint density at radius 3 is 1.18 bits per heavy atom. The maximum atomic E-state index is 12.5. The molecule has 618 valence electrons. The summed E-state index contributed by atoms with van der Waals surface area (Å²) in [5, 5.41) is 2.16. The predicted octanol–water partition coefficient (Wildman–Crippen LogP) is 9.36. The molecule has 0 bridgehead atoms. The summed E-state index contributed by atoms with van der Waals surface area (Å²) in [5.41, 5.74) is 0.455. The third-order valence-electron chi connectivity index (χ3n) is 19.8. The molecule has 1 N–H and O–H groups in total. The van der Waals surface area contributed by atoms with Gasteiger partial charge in [-0.2, -0.15) is 20.3 Å². The van der Waals surface area contributed by atoms with Gasteiger partial charge in [0.05, 0.1) is 31.8 Å². The van der Waals surface area contributed by atoms with E-state index >= 15 is 0 Å². The summed E-state index contributed by atoms with van der Waals surface area (Å²) in [6, 6.07) is 6.18. The summed E-state index contributed by atoms with van der Waals surface area (Å²) in [7, 11) is 1.42. The molecule has 5 aliphatic rings. The Morgan fingerprint density at radius 2 is 0.882 bits per heavy atom. The van der Waals surface area contributed by atoms with Gasteiger partial charge in [-0.1, -0.05) is 130 Å². The maximum absolute atomic E-state index is 12.5. The van der Waals surface area contributed by atoms with Crippen LogP contribution in [-0.2, 0) is 94.2 Å². The number of Topliss-reactive ketones (excluding diaryl/α,β-unsaturated/α-hetero) is 8. The van der Waals surface area contributed by atoms with Crippen LogP contribution in [0.15, 0.2) is 49.1 Å². The topological polar surface area (TPSA) is 325 Å². The molecule has 0 radical (unpaired) electrons. The number of hydrogen-bond donors (Lipinski definition) is 1. The first kappa shape index (κ1) is 110. The third-order valence-corrected chi connectivity index (χ3v) is 20.0. The van der Waals surface area contributed by atoms with Crippen LogP contribution in [0.2, 0.25) is 0 Å². The molecule has 5 atom stereocenters. The van der Waals surface area contributed by atoms with Crippen molar-refractivity contribution in [3.05, 3.63) is 66.1 Å². The molecule has 110 heavy (non-hydrogen) atoms. The number of aromatic nitrogens is 2. The van der Waals surface area contributed by atoms with Crippen molar-refractivity contribution in [2.24, 2.45) is 16.2 Å². The number of nitrogens with one attached hydrogen (secondary N) is 1. The summed E-state index contributed by atoms with van der Waals surface area (Å²) < 4.78 is 9.89. The van der Waals surface area contributed by atoms with Gasteiger partial charge in [0, 0.05) is 92.9 Å². The number of hydrogen-bond acceptors (Lipinski definition) is 20. The van der Waals surface area contributed by atoms with Crippen LogP contribution >= 0.6 is 11.6 Å². The molecule has 0 saturated carbocycles. The first-order chi connectivity index (χ1) is 50.4. The molecule has 0 spiro atoms. The van der Waals surface area contributed by atoms with Gasteiger partial charge < -0.3 is 52.7 Å². The molecule has 5 saturated heterocycles. The predicted molar refractivity (Wildman–Crippen MR) is 426 cm³/mol. The second-order valence-electron chi connectivity index (χ2n) is 29.2. The minimum absolute atomic E-state index is 0. The van der Waals surface area contributed by atoms with Gasteiger partial charge in [-0.3, -0.25) is 77.1 Å². The molecule has 7 heterocycles. The van der Waals surface area contributed by atoms with Gasteiger partial charge in [-0.05, 0) is 157 Å². The van der Waals surface area contributed by atoms with E-state index in [1.165, 1.54) is 70.8 Å². The molecule has 7 rings (SSSR count). The van der Waals surface area contributed by atoms with Crippen molar-refractivity contribution in [1.82, 2.24) is 34.9 Å². The van der Waals surface area contributed by atoms with Crippen LogP contribution in [0.1, 0.15) is 278 Å². The van der Waals surface area contributed by atoms with E-state index in [-0.39, 0.29) is 115 Å². The Balaban J connectivity index is -0.000000606. The average molecular weight is 1600 g/mol. The molecule has 5 fully saturated rings. The number of rotatable bonds is 28. The minimum Gasteiger partial charge on any atom is -1.00 e. The minimum atomic E-state index is -0.873. The summed E-state index contributed by atoms with van der Waals surface area (Å²) >= 11 is 4.74. The van der Waals surface area contributed by atoms with E-state index in [9.17, 15) is 71.9 Å². The van der Waals surface area contributed by atoms with E-state index in [1.807, 2.05) is 51.4 Å². The molecular weight excluding hydrogens is 1460 g/mol. The molecule has 1 unspecified atom stereocenters. The first-order valence-electron chi connectivity index (χ1n) is 38.6. The number of ketones is 8. The second kappa shape index (κ2) is 58.3. The van der Waals surface area contributed by atoms with Crippen LogP contribution in [0, 0.1) is 22.2 Å². The number of methoxy groups -OCH3 is 1. The zero-order valence-electron chi connectivity index (χ0n) is 69.1.